The highest BCUT2D eigenvalue weighted by molar-refractivity contribution is 7.89. The van der Waals surface area contributed by atoms with E-state index in [9.17, 15) is 23.1 Å². The first-order valence-corrected chi connectivity index (χ1v) is 14.5. The van der Waals surface area contributed by atoms with E-state index in [2.05, 4.69) is 20.3 Å². The van der Waals surface area contributed by atoms with Gasteiger partial charge >= 0.3 is 12.0 Å². The van der Waals surface area contributed by atoms with Crippen LogP contribution in [0.3, 0.4) is 0 Å². The summed E-state index contributed by atoms with van der Waals surface area (Å²) in [6.07, 6.45) is 1.63. The Morgan fingerprint density at radius 2 is 1.59 bits per heavy atom. The number of nitrogens with zero attached hydrogens (tertiary/aromatic N) is 1. The van der Waals surface area contributed by atoms with Crippen molar-refractivity contribution >= 4 is 27.7 Å². The lowest BCUT2D eigenvalue weighted by Crippen LogP contribution is -2.42. The topological polar surface area (TPSA) is 137 Å². The molecule has 4 aromatic rings. The molecule has 0 aliphatic carbocycles. The largest absolute Gasteiger partial charge is 0.480 e. The summed E-state index contributed by atoms with van der Waals surface area (Å²) >= 11 is 0. The van der Waals surface area contributed by atoms with Gasteiger partial charge in [0.2, 0.25) is 10.0 Å². The molecular weight excluding hydrogens is 540 g/mol. The molecule has 0 saturated carbocycles. The second-order valence-electron chi connectivity index (χ2n) is 9.85. The number of sulfonamides is 1. The van der Waals surface area contributed by atoms with Crippen molar-refractivity contribution in [3.63, 3.8) is 0 Å². The summed E-state index contributed by atoms with van der Waals surface area (Å²) in [5, 5.41) is 15.4. The smallest absolute Gasteiger partial charge is 0.322 e. The number of carbonyl (C=O) groups excluding carboxylic acids is 1. The standard InChI is InChI=1S/C31H32N4O5S/c1-20-15-21(2)29(22(3)16-20)41(39,40)35-28(30(36)37)17-23-10-12-24(13-11-23)25-7-6-9-26(18-25)34-31(38)33-19-27-8-4-5-14-32-27/h4-16,18,28,35H,17,19H2,1-3H3,(H,36,37)(H2,33,34,38). The molecule has 0 fully saturated rings. The SMILES string of the molecule is Cc1cc(C)c(S(=O)(=O)NC(Cc2ccc(-c3cccc(NC(=O)NCc4ccccn4)c3)cc2)C(=O)O)c(C)c1. The van der Waals surface area contributed by atoms with Gasteiger partial charge in [-0.25, -0.2) is 13.2 Å². The van der Waals surface area contributed by atoms with Gasteiger partial charge in [0, 0.05) is 11.9 Å². The van der Waals surface area contributed by atoms with Gasteiger partial charge < -0.3 is 15.7 Å². The van der Waals surface area contributed by atoms with Crippen molar-refractivity contribution in [3.8, 4) is 11.1 Å². The van der Waals surface area contributed by atoms with E-state index >= 15 is 0 Å². The number of benzene rings is 3. The molecule has 0 spiro atoms. The molecule has 0 saturated heterocycles. The zero-order chi connectivity index (χ0) is 29.6. The number of urea groups is 1. The Labute approximate surface area is 239 Å². The van der Waals surface area contributed by atoms with Gasteiger partial charge in [-0.1, -0.05) is 60.2 Å². The van der Waals surface area contributed by atoms with Crippen LogP contribution in [0.15, 0.2) is 90.0 Å². The Bertz CT molecular complexity index is 1630. The van der Waals surface area contributed by atoms with E-state index in [0.29, 0.717) is 28.9 Å². The lowest BCUT2D eigenvalue weighted by atomic mass is 10.0. The molecule has 1 aromatic heterocycles. The number of carboxylic acids is 1. The molecule has 1 heterocycles. The number of carboxylic acid groups (broad SMARTS) is 1. The maximum absolute atomic E-state index is 13.1. The highest BCUT2D eigenvalue weighted by Gasteiger charge is 2.28. The molecule has 3 aromatic carbocycles. The molecule has 10 heteroatoms. The Balaban J connectivity index is 1.42. The van der Waals surface area contributed by atoms with Crippen LogP contribution in [0.25, 0.3) is 11.1 Å². The van der Waals surface area contributed by atoms with Crippen molar-refractivity contribution in [2.24, 2.45) is 0 Å². The fourth-order valence-electron chi connectivity index (χ4n) is 4.71. The first-order chi connectivity index (χ1) is 19.5. The molecule has 0 bridgehead atoms. The maximum atomic E-state index is 13.1. The molecule has 1 atom stereocenters. The van der Waals surface area contributed by atoms with Crippen molar-refractivity contribution in [2.75, 3.05) is 5.32 Å². The third-order valence-electron chi connectivity index (χ3n) is 6.47. The number of hydrogen-bond acceptors (Lipinski definition) is 5. The summed E-state index contributed by atoms with van der Waals surface area (Å²) in [6.45, 7) is 5.57. The third-order valence-corrected chi connectivity index (χ3v) is 8.25. The Morgan fingerprint density at radius 3 is 2.22 bits per heavy atom. The molecule has 1 unspecified atom stereocenters. The first-order valence-electron chi connectivity index (χ1n) is 13.0. The molecular formula is C31H32N4O5S. The van der Waals surface area contributed by atoms with Crippen molar-refractivity contribution in [1.29, 1.82) is 0 Å². The fourth-order valence-corrected chi connectivity index (χ4v) is 6.35. The quantitative estimate of drug-likeness (QED) is 0.212. The number of aryl methyl sites for hydroxylation is 3. The van der Waals surface area contributed by atoms with Crippen LogP contribution in [0.1, 0.15) is 27.9 Å². The Hall–Kier alpha value is -4.54. The minimum atomic E-state index is -4.06. The predicted molar refractivity (Wildman–Crippen MR) is 158 cm³/mol. The summed E-state index contributed by atoms with van der Waals surface area (Å²) in [5.41, 5.74) is 5.76. The van der Waals surface area contributed by atoms with Crippen molar-refractivity contribution in [2.45, 2.75) is 44.7 Å². The van der Waals surface area contributed by atoms with Gasteiger partial charge in [0.05, 0.1) is 17.1 Å². The van der Waals surface area contributed by atoms with Crippen LogP contribution in [0.5, 0.6) is 0 Å². The van der Waals surface area contributed by atoms with E-state index in [1.165, 1.54) is 0 Å². The molecule has 4 N–H and O–H groups in total. The monoisotopic (exact) mass is 572 g/mol. The number of aromatic nitrogens is 1. The number of carbonyl (C=O) groups is 2. The molecule has 9 nitrogen and oxygen atoms in total. The minimum absolute atomic E-state index is 0.0309. The number of rotatable bonds is 10. The number of hydrogen-bond donors (Lipinski definition) is 4. The third kappa shape index (κ3) is 7.77. The highest BCUT2D eigenvalue weighted by atomic mass is 32.2. The average molecular weight is 573 g/mol. The van der Waals surface area contributed by atoms with Crippen LogP contribution >= 0.6 is 0 Å². The second kappa shape index (κ2) is 12.8. The van der Waals surface area contributed by atoms with E-state index < -0.39 is 22.0 Å². The number of aliphatic carboxylic acids is 1. The van der Waals surface area contributed by atoms with Gasteiger partial charge in [-0.15, -0.1) is 0 Å². The van der Waals surface area contributed by atoms with Gasteiger partial charge in [-0.05, 0) is 79.3 Å². The summed E-state index contributed by atoms with van der Waals surface area (Å²) in [4.78, 5) is 28.6. The Morgan fingerprint density at radius 1 is 0.878 bits per heavy atom. The highest BCUT2D eigenvalue weighted by Crippen LogP contribution is 2.25. The van der Waals surface area contributed by atoms with Crippen molar-refractivity contribution < 1.29 is 23.1 Å². The molecule has 4 rings (SSSR count). The van der Waals surface area contributed by atoms with Crippen LogP contribution in [0.2, 0.25) is 0 Å². The van der Waals surface area contributed by atoms with Gasteiger partial charge in [0.1, 0.15) is 6.04 Å². The van der Waals surface area contributed by atoms with Crippen molar-refractivity contribution in [1.82, 2.24) is 15.0 Å². The van der Waals surface area contributed by atoms with Crippen LogP contribution < -0.4 is 15.4 Å². The Kier molecular flexibility index (Phi) is 9.16. The first kappa shape index (κ1) is 29.4. The molecule has 2 amide bonds. The lowest BCUT2D eigenvalue weighted by Gasteiger charge is -2.18. The zero-order valence-corrected chi connectivity index (χ0v) is 23.8. The minimum Gasteiger partial charge on any atom is -0.480 e. The van der Waals surface area contributed by atoms with E-state index in [-0.39, 0.29) is 17.3 Å². The van der Waals surface area contributed by atoms with Gasteiger partial charge in [-0.2, -0.15) is 4.72 Å². The summed E-state index contributed by atoms with van der Waals surface area (Å²) < 4.78 is 28.7. The summed E-state index contributed by atoms with van der Waals surface area (Å²) in [6, 6.07) is 21.8. The van der Waals surface area contributed by atoms with Gasteiger partial charge in [-0.3, -0.25) is 9.78 Å². The predicted octanol–water partition coefficient (Wildman–Crippen LogP) is 4.97. The molecule has 41 heavy (non-hydrogen) atoms. The summed E-state index contributed by atoms with van der Waals surface area (Å²) in [7, 11) is -4.06. The molecule has 0 aliphatic heterocycles. The summed E-state index contributed by atoms with van der Waals surface area (Å²) in [5.74, 6) is -1.26. The van der Waals surface area contributed by atoms with Gasteiger partial charge in [0.25, 0.3) is 0 Å². The lowest BCUT2D eigenvalue weighted by molar-refractivity contribution is -0.138. The molecule has 212 valence electrons. The van der Waals surface area contributed by atoms with Gasteiger partial charge in [0.15, 0.2) is 0 Å². The number of nitrogens with one attached hydrogen (secondary N) is 3. The fraction of sp³-hybridized carbons (Fsp3) is 0.194. The molecule has 0 radical (unpaired) electrons. The van der Waals surface area contributed by atoms with Crippen LogP contribution in [-0.4, -0.2) is 36.6 Å². The average Bonchev–Trinajstić information content (AvgIpc) is 2.92. The van der Waals surface area contributed by atoms with Crippen molar-refractivity contribution in [3.05, 3.63) is 113 Å². The van der Waals surface area contributed by atoms with Crippen LogP contribution in [0.4, 0.5) is 10.5 Å². The van der Waals surface area contributed by atoms with E-state index in [4.69, 9.17) is 0 Å². The van der Waals surface area contributed by atoms with Crippen LogP contribution in [0, 0.1) is 20.8 Å². The van der Waals surface area contributed by atoms with E-state index in [1.54, 1.807) is 50.4 Å². The zero-order valence-electron chi connectivity index (χ0n) is 23.0. The van der Waals surface area contributed by atoms with E-state index in [1.807, 2.05) is 55.5 Å². The number of amides is 2. The van der Waals surface area contributed by atoms with E-state index in [0.717, 1.165) is 22.4 Å². The maximum Gasteiger partial charge on any atom is 0.322 e. The second-order valence-corrected chi connectivity index (χ2v) is 11.5. The number of anilines is 1. The van der Waals surface area contributed by atoms with Crippen LogP contribution in [-0.2, 0) is 27.8 Å². The number of pyridine rings is 1. The normalized spacial score (nSPS) is 12.0. The molecule has 0 aliphatic rings.